The fourth-order valence-corrected chi connectivity index (χ4v) is 3.34. The SMILES string of the molecule is CCOC(=O)OC(C)(C)OC(=O)[C@@H](C)c1ccc(C[C@H]2CCC[C@@H]2O)cc1. The van der Waals surface area contributed by atoms with Crippen LogP contribution in [0.5, 0.6) is 0 Å². The summed E-state index contributed by atoms with van der Waals surface area (Å²) >= 11 is 0. The second kappa shape index (κ2) is 9.22. The number of benzene rings is 1. The van der Waals surface area contributed by atoms with Gasteiger partial charge in [0.15, 0.2) is 0 Å². The van der Waals surface area contributed by atoms with E-state index in [0.717, 1.165) is 36.8 Å². The molecule has 0 amide bonds. The van der Waals surface area contributed by atoms with Crippen molar-refractivity contribution in [3.8, 4) is 0 Å². The van der Waals surface area contributed by atoms with Crippen LogP contribution < -0.4 is 0 Å². The third-order valence-electron chi connectivity index (χ3n) is 4.89. The average molecular weight is 378 g/mol. The Balaban J connectivity index is 1.92. The second-order valence-electron chi connectivity index (χ2n) is 7.53. The zero-order valence-corrected chi connectivity index (χ0v) is 16.6. The van der Waals surface area contributed by atoms with Gasteiger partial charge in [0.05, 0.1) is 18.6 Å². The molecule has 0 heterocycles. The van der Waals surface area contributed by atoms with Crippen molar-refractivity contribution < 1.29 is 28.9 Å². The summed E-state index contributed by atoms with van der Waals surface area (Å²) in [6, 6.07) is 7.79. The molecule has 27 heavy (non-hydrogen) atoms. The van der Waals surface area contributed by atoms with E-state index in [1.165, 1.54) is 13.8 Å². The highest BCUT2D eigenvalue weighted by molar-refractivity contribution is 5.78. The van der Waals surface area contributed by atoms with Crippen molar-refractivity contribution in [1.29, 1.82) is 0 Å². The lowest BCUT2D eigenvalue weighted by Crippen LogP contribution is -2.35. The van der Waals surface area contributed by atoms with Crippen molar-refractivity contribution in [1.82, 2.24) is 0 Å². The summed E-state index contributed by atoms with van der Waals surface area (Å²) in [6.07, 6.45) is 2.79. The van der Waals surface area contributed by atoms with Crippen LogP contribution in [0.3, 0.4) is 0 Å². The number of aliphatic hydroxyl groups excluding tert-OH is 1. The van der Waals surface area contributed by atoms with E-state index in [0.29, 0.717) is 5.92 Å². The lowest BCUT2D eigenvalue weighted by atomic mass is 9.93. The van der Waals surface area contributed by atoms with E-state index in [-0.39, 0.29) is 12.7 Å². The van der Waals surface area contributed by atoms with Gasteiger partial charge in [-0.1, -0.05) is 30.7 Å². The summed E-state index contributed by atoms with van der Waals surface area (Å²) in [5.41, 5.74) is 1.97. The lowest BCUT2D eigenvalue weighted by molar-refractivity contribution is -0.201. The van der Waals surface area contributed by atoms with Crippen LogP contribution in [0.25, 0.3) is 0 Å². The Bertz CT molecular complexity index is 637. The molecule has 1 aliphatic carbocycles. The van der Waals surface area contributed by atoms with Crippen molar-refractivity contribution in [3.63, 3.8) is 0 Å². The van der Waals surface area contributed by atoms with Crippen LogP contribution >= 0.6 is 0 Å². The first-order valence-electron chi connectivity index (χ1n) is 9.57. The quantitative estimate of drug-likeness (QED) is 0.571. The molecular weight excluding hydrogens is 348 g/mol. The smallest absolute Gasteiger partial charge is 0.434 e. The molecule has 1 fully saturated rings. The molecule has 1 aromatic carbocycles. The van der Waals surface area contributed by atoms with E-state index in [9.17, 15) is 14.7 Å². The highest BCUT2D eigenvalue weighted by Crippen LogP contribution is 2.29. The van der Waals surface area contributed by atoms with E-state index in [4.69, 9.17) is 14.2 Å². The van der Waals surface area contributed by atoms with Gasteiger partial charge in [0, 0.05) is 13.8 Å². The van der Waals surface area contributed by atoms with Crippen molar-refractivity contribution >= 4 is 12.1 Å². The first-order chi connectivity index (χ1) is 12.7. The highest BCUT2D eigenvalue weighted by Gasteiger charge is 2.31. The Morgan fingerprint density at radius 3 is 2.41 bits per heavy atom. The van der Waals surface area contributed by atoms with Gasteiger partial charge in [0.25, 0.3) is 5.79 Å². The fourth-order valence-electron chi connectivity index (χ4n) is 3.34. The van der Waals surface area contributed by atoms with Crippen molar-refractivity contribution in [2.24, 2.45) is 5.92 Å². The number of carbonyl (C=O) groups excluding carboxylic acids is 2. The van der Waals surface area contributed by atoms with Gasteiger partial charge in [0.1, 0.15) is 0 Å². The minimum absolute atomic E-state index is 0.184. The molecule has 0 aliphatic heterocycles. The van der Waals surface area contributed by atoms with Gasteiger partial charge in [-0.15, -0.1) is 0 Å². The van der Waals surface area contributed by atoms with Crippen LogP contribution in [-0.4, -0.2) is 35.7 Å². The fraction of sp³-hybridized carbons (Fsp3) is 0.619. The molecule has 0 radical (unpaired) electrons. The van der Waals surface area contributed by atoms with Gasteiger partial charge in [-0.05, 0) is 50.2 Å². The van der Waals surface area contributed by atoms with Crippen LogP contribution in [0.4, 0.5) is 4.79 Å². The topological polar surface area (TPSA) is 82.1 Å². The van der Waals surface area contributed by atoms with E-state index >= 15 is 0 Å². The molecule has 1 N–H and O–H groups in total. The van der Waals surface area contributed by atoms with Gasteiger partial charge in [0.2, 0.25) is 0 Å². The lowest BCUT2D eigenvalue weighted by Gasteiger charge is -2.26. The van der Waals surface area contributed by atoms with Crippen LogP contribution in [0.1, 0.15) is 64.0 Å². The third-order valence-corrected chi connectivity index (χ3v) is 4.89. The predicted molar refractivity (Wildman–Crippen MR) is 100 cm³/mol. The Hall–Kier alpha value is -2.08. The summed E-state index contributed by atoms with van der Waals surface area (Å²) in [7, 11) is 0. The summed E-state index contributed by atoms with van der Waals surface area (Å²) in [5.74, 6) is -2.07. The highest BCUT2D eigenvalue weighted by atomic mass is 16.8. The van der Waals surface area contributed by atoms with Gasteiger partial charge >= 0.3 is 12.1 Å². The van der Waals surface area contributed by atoms with E-state index in [1.54, 1.807) is 13.8 Å². The maximum atomic E-state index is 12.4. The Kier molecular flexibility index (Phi) is 7.25. The van der Waals surface area contributed by atoms with Gasteiger partial charge in [-0.2, -0.15) is 0 Å². The first-order valence-corrected chi connectivity index (χ1v) is 9.57. The molecule has 1 aliphatic rings. The molecule has 0 spiro atoms. The van der Waals surface area contributed by atoms with Crippen molar-refractivity contribution in [2.45, 2.75) is 71.2 Å². The van der Waals surface area contributed by atoms with Crippen molar-refractivity contribution in [3.05, 3.63) is 35.4 Å². The molecule has 150 valence electrons. The summed E-state index contributed by atoms with van der Waals surface area (Å²) in [6.45, 7) is 6.58. The van der Waals surface area contributed by atoms with Crippen LogP contribution in [0, 0.1) is 5.92 Å². The zero-order valence-electron chi connectivity index (χ0n) is 16.6. The molecule has 1 aromatic rings. The molecule has 0 bridgehead atoms. The van der Waals surface area contributed by atoms with Crippen LogP contribution in [0.15, 0.2) is 24.3 Å². The third kappa shape index (κ3) is 6.24. The second-order valence-corrected chi connectivity index (χ2v) is 7.53. The maximum Gasteiger partial charge on any atom is 0.511 e. The van der Waals surface area contributed by atoms with E-state index in [1.807, 2.05) is 24.3 Å². The molecule has 0 unspecified atom stereocenters. The molecule has 6 nitrogen and oxygen atoms in total. The van der Waals surface area contributed by atoms with Crippen LogP contribution in [0.2, 0.25) is 0 Å². The monoisotopic (exact) mass is 378 g/mol. The normalized spacial score (nSPS) is 20.8. The molecule has 0 saturated heterocycles. The molecule has 0 aromatic heterocycles. The summed E-state index contributed by atoms with van der Waals surface area (Å²) in [5, 5.41) is 9.96. The van der Waals surface area contributed by atoms with Crippen LogP contribution in [-0.2, 0) is 25.4 Å². The van der Waals surface area contributed by atoms with E-state index in [2.05, 4.69) is 0 Å². The number of ether oxygens (including phenoxy) is 3. The van der Waals surface area contributed by atoms with Gasteiger partial charge in [-0.3, -0.25) is 4.79 Å². The van der Waals surface area contributed by atoms with E-state index < -0.39 is 23.8 Å². The standard InChI is InChI=1S/C21H30O6/c1-5-25-20(24)27-21(3,4)26-19(23)14(2)16-11-9-15(10-12-16)13-17-7-6-8-18(17)22/h9-12,14,17-18,22H,5-8,13H2,1-4H3/t14-,17+,18-/m0/s1. The number of aliphatic hydroxyl groups is 1. The number of hydrogen-bond acceptors (Lipinski definition) is 6. The molecule has 1 saturated carbocycles. The molecule has 3 atom stereocenters. The molecular formula is C21H30O6. The van der Waals surface area contributed by atoms with Gasteiger partial charge in [-0.25, -0.2) is 4.79 Å². The number of carbonyl (C=O) groups is 2. The number of hydrogen-bond donors (Lipinski definition) is 1. The summed E-state index contributed by atoms with van der Waals surface area (Å²) < 4.78 is 15.0. The molecule has 2 rings (SSSR count). The Morgan fingerprint density at radius 2 is 1.85 bits per heavy atom. The number of esters is 1. The average Bonchev–Trinajstić information content (AvgIpc) is 2.99. The van der Waals surface area contributed by atoms with Crippen molar-refractivity contribution in [2.75, 3.05) is 6.61 Å². The van der Waals surface area contributed by atoms with Gasteiger partial charge < -0.3 is 19.3 Å². The Labute approximate surface area is 160 Å². The predicted octanol–water partition coefficient (Wildman–Crippen LogP) is 3.95. The minimum Gasteiger partial charge on any atom is -0.434 e. The first kappa shape index (κ1) is 21.2. The molecule has 6 heteroatoms. The summed E-state index contributed by atoms with van der Waals surface area (Å²) in [4.78, 5) is 23.8. The zero-order chi connectivity index (χ0) is 20.0. The number of rotatable bonds is 7. The minimum atomic E-state index is -1.41. The Morgan fingerprint density at radius 1 is 1.19 bits per heavy atom. The maximum absolute atomic E-state index is 12.4. The largest absolute Gasteiger partial charge is 0.511 e.